The first-order valence-electron chi connectivity index (χ1n) is 18.2. The van der Waals surface area contributed by atoms with E-state index >= 15 is 0 Å². The van der Waals surface area contributed by atoms with Gasteiger partial charge in [-0.2, -0.15) is 0 Å². The molecule has 0 aliphatic rings. The summed E-state index contributed by atoms with van der Waals surface area (Å²) in [5, 5.41) is 4.67. The molecule has 6 nitrogen and oxygen atoms in total. The highest BCUT2D eigenvalue weighted by Gasteiger charge is 2.16. The predicted octanol–water partition coefficient (Wildman–Crippen LogP) is 10.9. The van der Waals surface area contributed by atoms with Gasteiger partial charge in [-0.15, -0.1) is 0 Å². The monoisotopic (exact) mass is 708 g/mol. The predicted molar refractivity (Wildman–Crippen MR) is 220 cm³/mol. The average Bonchev–Trinajstić information content (AvgIpc) is 3.70. The number of benzene rings is 6. The van der Waals surface area contributed by atoms with Gasteiger partial charge >= 0.3 is 11.9 Å². The van der Waals surface area contributed by atoms with Crippen molar-refractivity contribution in [3.8, 4) is 22.5 Å². The van der Waals surface area contributed by atoms with Crippen molar-refractivity contribution in [1.29, 1.82) is 0 Å². The van der Waals surface area contributed by atoms with Gasteiger partial charge in [0.25, 0.3) is 0 Å². The van der Waals surface area contributed by atoms with E-state index in [0.717, 1.165) is 61.1 Å². The summed E-state index contributed by atoms with van der Waals surface area (Å²) in [4.78, 5) is 23.9. The first-order chi connectivity index (χ1) is 26.3. The van der Waals surface area contributed by atoms with Crippen LogP contribution in [0.5, 0.6) is 0 Å². The van der Waals surface area contributed by atoms with Crippen molar-refractivity contribution in [3.63, 3.8) is 0 Å². The standard InChI is InChI=1S/C48H40N2O4/c1-31(2)47(51)53-25-23-33-20-22-45-42(27-33)40-16-6-8-18-44(40)49(45)37-13-9-11-35(29-37)36-12-10-14-38(30-36)50-43-17-7-5-15-39(43)41-21-19-34(28-46(41)50)24-26-54-48(52)32(3)4/h5-22,27-30H,1,3,23-26H2,2,4H3. The van der Waals surface area contributed by atoms with Gasteiger partial charge < -0.3 is 18.6 Å². The number of hydrogen-bond acceptors (Lipinski definition) is 4. The number of nitrogens with zero attached hydrogens (tertiary/aromatic N) is 2. The Bertz CT molecular complexity index is 2780. The first kappa shape index (κ1) is 34.4. The Morgan fingerprint density at radius 2 is 0.944 bits per heavy atom. The Kier molecular flexibility index (Phi) is 9.18. The van der Waals surface area contributed by atoms with E-state index in [9.17, 15) is 9.59 Å². The number of ether oxygens (including phenoxy) is 2. The van der Waals surface area contributed by atoms with E-state index in [-0.39, 0.29) is 11.9 Å². The molecule has 6 heteroatoms. The van der Waals surface area contributed by atoms with Crippen LogP contribution in [0.2, 0.25) is 0 Å². The number of fused-ring (bicyclic) bond motifs is 6. The maximum Gasteiger partial charge on any atom is 0.333 e. The van der Waals surface area contributed by atoms with E-state index in [1.807, 2.05) is 0 Å². The Balaban J connectivity index is 1.16. The molecule has 54 heavy (non-hydrogen) atoms. The zero-order chi connectivity index (χ0) is 37.3. The summed E-state index contributed by atoms with van der Waals surface area (Å²) in [6, 6.07) is 47.4. The van der Waals surface area contributed by atoms with Crippen LogP contribution < -0.4 is 0 Å². The Hall–Kier alpha value is -6.66. The molecule has 8 rings (SSSR count). The fraction of sp³-hybridized carbons (Fsp3) is 0.125. The van der Waals surface area contributed by atoms with Crippen LogP contribution >= 0.6 is 0 Å². The van der Waals surface area contributed by atoms with E-state index in [1.165, 1.54) is 16.2 Å². The van der Waals surface area contributed by atoms with E-state index in [2.05, 4.69) is 156 Å². The molecule has 2 heterocycles. The largest absolute Gasteiger partial charge is 0.462 e. The molecule has 0 saturated heterocycles. The molecule has 0 aliphatic heterocycles. The lowest BCUT2D eigenvalue weighted by atomic mass is 10.0. The molecular weight excluding hydrogens is 669 g/mol. The average molecular weight is 709 g/mol. The van der Waals surface area contributed by atoms with Crippen molar-refractivity contribution in [2.75, 3.05) is 13.2 Å². The molecule has 0 amide bonds. The minimum Gasteiger partial charge on any atom is -0.462 e. The van der Waals surface area contributed by atoms with Crippen molar-refractivity contribution in [2.24, 2.45) is 0 Å². The van der Waals surface area contributed by atoms with Crippen LogP contribution in [0.25, 0.3) is 66.1 Å². The quantitative estimate of drug-likeness (QED) is 0.0991. The van der Waals surface area contributed by atoms with Gasteiger partial charge in [0.1, 0.15) is 0 Å². The number of carbonyl (C=O) groups is 2. The third-order valence-corrected chi connectivity index (χ3v) is 9.96. The summed E-state index contributed by atoms with van der Waals surface area (Å²) in [6.45, 7) is 11.3. The van der Waals surface area contributed by atoms with Gasteiger partial charge in [0.2, 0.25) is 0 Å². The molecule has 0 aliphatic carbocycles. The van der Waals surface area contributed by atoms with E-state index in [1.54, 1.807) is 13.8 Å². The highest BCUT2D eigenvalue weighted by Crippen LogP contribution is 2.36. The van der Waals surface area contributed by atoms with Crippen LogP contribution in [0, 0.1) is 0 Å². The van der Waals surface area contributed by atoms with Crippen LogP contribution in [0.4, 0.5) is 0 Å². The minimum absolute atomic E-state index is 0.295. The van der Waals surface area contributed by atoms with E-state index in [0.29, 0.717) is 37.2 Å². The number of para-hydroxylation sites is 2. The summed E-state index contributed by atoms with van der Waals surface area (Å²) in [5.41, 5.74) is 11.8. The van der Waals surface area contributed by atoms with Gasteiger partial charge in [-0.05, 0) is 90.7 Å². The SMILES string of the molecule is C=C(C)C(=O)OCCc1ccc2c(c1)c1ccccc1n2-c1cccc(-c2cccc(-n3c4ccccc4c4ccc(CCOC(=O)C(=C)C)cc43)c2)c1. The summed E-state index contributed by atoms with van der Waals surface area (Å²) < 4.78 is 15.4. The highest BCUT2D eigenvalue weighted by molar-refractivity contribution is 6.10. The van der Waals surface area contributed by atoms with Crippen molar-refractivity contribution in [1.82, 2.24) is 9.13 Å². The minimum atomic E-state index is -0.367. The smallest absolute Gasteiger partial charge is 0.333 e. The number of carbonyl (C=O) groups excluding carboxylic acids is 2. The molecule has 0 radical (unpaired) electrons. The molecule has 0 N–H and O–H groups in total. The van der Waals surface area contributed by atoms with Crippen molar-refractivity contribution < 1.29 is 19.1 Å². The van der Waals surface area contributed by atoms with Crippen LogP contribution in [0.15, 0.2) is 158 Å². The Morgan fingerprint density at radius 3 is 1.52 bits per heavy atom. The summed E-state index contributed by atoms with van der Waals surface area (Å²) in [6.07, 6.45) is 1.23. The first-order valence-corrected chi connectivity index (χ1v) is 18.2. The molecule has 2 aromatic heterocycles. The fourth-order valence-corrected chi connectivity index (χ4v) is 7.32. The molecule has 0 fully saturated rings. The van der Waals surface area contributed by atoms with Crippen LogP contribution in [0.3, 0.4) is 0 Å². The maximum atomic E-state index is 12.0. The Labute approximate surface area is 314 Å². The third-order valence-electron chi connectivity index (χ3n) is 9.96. The molecule has 0 saturated carbocycles. The summed E-state index contributed by atoms with van der Waals surface area (Å²) in [7, 11) is 0. The van der Waals surface area contributed by atoms with Gasteiger partial charge in [0.15, 0.2) is 0 Å². The molecule has 266 valence electrons. The lowest BCUT2D eigenvalue weighted by Crippen LogP contribution is -2.08. The second-order valence-electron chi connectivity index (χ2n) is 13.8. The normalized spacial score (nSPS) is 11.4. The maximum absolute atomic E-state index is 12.0. The Morgan fingerprint density at radius 1 is 0.481 bits per heavy atom. The molecule has 0 spiro atoms. The molecule has 8 aromatic rings. The molecule has 0 unspecified atom stereocenters. The molecule has 0 atom stereocenters. The molecule has 6 aromatic carbocycles. The van der Waals surface area contributed by atoms with Crippen molar-refractivity contribution >= 4 is 55.6 Å². The van der Waals surface area contributed by atoms with E-state index < -0.39 is 0 Å². The molecule has 0 bridgehead atoms. The van der Waals surface area contributed by atoms with Gasteiger partial charge in [-0.1, -0.05) is 92.0 Å². The topological polar surface area (TPSA) is 62.5 Å². The lowest BCUT2D eigenvalue weighted by molar-refractivity contribution is -0.139. The van der Waals surface area contributed by atoms with Gasteiger partial charge in [0, 0.05) is 56.9 Å². The van der Waals surface area contributed by atoms with Crippen molar-refractivity contribution in [2.45, 2.75) is 26.7 Å². The second kappa shape index (κ2) is 14.4. The third kappa shape index (κ3) is 6.47. The number of esters is 2. The molecular formula is C48H40N2O4. The number of aromatic nitrogens is 2. The van der Waals surface area contributed by atoms with Crippen LogP contribution in [0.1, 0.15) is 25.0 Å². The highest BCUT2D eigenvalue weighted by atomic mass is 16.5. The number of hydrogen-bond donors (Lipinski definition) is 0. The summed E-state index contributed by atoms with van der Waals surface area (Å²) in [5.74, 6) is -0.729. The summed E-state index contributed by atoms with van der Waals surface area (Å²) >= 11 is 0. The van der Waals surface area contributed by atoms with Crippen molar-refractivity contribution in [3.05, 3.63) is 169 Å². The zero-order valence-corrected chi connectivity index (χ0v) is 30.5. The second-order valence-corrected chi connectivity index (χ2v) is 13.8. The number of rotatable bonds is 11. The van der Waals surface area contributed by atoms with Gasteiger partial charge in [0.05, 0.1) is 35.3 Å². The van der Waals surface area contributed by atoms with Crippen LogP contribution in [-0.4, -0.2) is 34.3 Å². The fourth-order valence-electron chi connectivity index (χ4n) is 7.32. The van der Waals surface area contributed by atoms with Gasteiger partial charge in [-0.3, -0.25) is 0 Å². The van der Waals surface area contributed by atoms with Crippen LogP contribution in [-0.2, 0) is 31.9 Å². The van der Waals surface area contributed by atoms with Gasteiger partial charge in [-0.25, -0.2) is 9.59 Å². The lowest BCUT2D eigenvalue weighted by Gasteiger charge is -2.13. The van der Waals surface area contributed by atoms with E-state index in [4.69, 9.17) is 9.47 Å². The zero-order valence-electron chi connectivity index (χ0n) is 30.5.